The van der Waals surface area contributed by atoms with Crippen LogP contribution in [0.3, 0.4) is 0 Å². The van der Waals surface area contributed by atoms with Gasteiger partial charge in [0, 0.05) is 17.9 Å². The molecule has 2 nitrogen and oxygen atoms in total. The minimum atomic E-state index is 0.234. The number of ether oxygens (including phenoxy) is 1. The average Bonchev–Trinajstić information content (AvgIpc) is 2.46. The van der Waals surface area contributed by atoms with Gasteiger partial charge in [-0.25, -0.2) is 0 Å². The largest absolute Gasteiger partial charge is 0.487 e. The van der Waals surface area contributed by atoms with Gasteiger partial charge in [-0.05, 0) is 32.0 Å². The molecule has 20 heavy (non-hydrogen) atoms. The van der Waals surface area contributed by atoms with E-state index in [1.807, 2.05) is 18.2 Å². The number of para-hydroxylation sites is 1. The molecule has 0 amide bonds. The molecule has 0 heterocycles. The second-order valence-electron chi connectivity index (χ2n) is 6.03. The number of rotatable bonds is 3. The lowest BCUT2D eigenvalue weighted by Gasteiger charge is -2.57. The molecule has 1 spiro atoms. The van der Waals surface area contributed by atoms with Gasteiger partial charge in [-0.3, -0.25) is 0 Å². The smallest absolute Gasteiger partial charge is 0.156 e. The van der Waals surface area contributed by atoms with E-state index >= 15 is 0 Å². The van der Waals surface area contributed by atoms with Crippen molar-refractivity contribution in [2.24, 2.45) is 5.41 Å². The highest BCUT2D eigenvalue weighted by atomic mass is 35.5. The van der Waals surface area contributed by atoms with Gasteiger partial charge in [0.05, 0.1) is 10.0 Å². The molecule has 1 aromatic carbocycles. The van der Waals surface area contributed by atoms with Gasteiger partial charge in [-0.15, -0.1) is 0 Å². The first-order valence-corrected chi connectivity index (χ1v) is 8.21. The van der Waals surface area contributed by atoms with Crippen LogP contribution in [0.25, 0.3) is 0 Å². The Morgan fingerprint density at radius 1 is 1.15 bits per heavy atom. The molecule has 2 saturated carbocycles. The van der Waals surface area contributed by atoms with Gasteiger partial charge in [0.15, 0.2) is 5.75 Å². The number of nitrogens with one attached hydrogen (secondary N) is 1. The third kappa shape index (κ3) is 2.32. The maximum Gasteiger partial charge on any atom is 0.156 e. The number of hydrogen-bond acceptors (Lipinski definition) is 2. The second kappa shape index (κ2) is 5.75. The van der Waals surface area contributed by atoms with Crippen molar-refractivity contribution in [3.05, 3.63) is 28.2 Å². The fourth-order valence-electron chi connectivity index (χ4n) is 3.94. The maximum absolute atomic E-state index is 6.23. The van der Waals surface area contributed by atoms with Gasteiger partial charge in [-0.2, -0.15) is 0 Å². The van der Waals surface area contributed by atoms with Crippen LogP contribution in [0.2, 0.25) is 10.0 Å². The highest BCUT2D eigenvalue weighted by molar-refractivity contribution is 6.37. The van der Waals surface area contributed by atoms with Gasteiger partial charge < -0.3 is 10.1 Å². The van der Waals surface area contributed by atoms with Crippen molar-refractivity contribution in [1.82, 2.24) is 5.32 Å². The summed E-state index contributed by atoms with van der Waals surface area (Å²) < 4.78 is 6.23. The molecule has 2 unspecified atom stereocenters. The number of hydrogen-bond donors (Lipinski definition) is 1. The lowest BCUT2D eigenvalue weighted by Crippen LogP contribution is -2.64. The normalized spacial score (nSPS) is 28.1. The molecule has 2 aliphatic carbocycles. The van der Waals surface area contributed by atoms with Crippen LogP contribution in [0.4, 0.5) is 0 Å². The second-order valence-corrected chi connectivity index (χ2v) is 6.84. The van der Waals surface area contributed by atoms with Crippen LogP contribution in [0.1, 0.15) is 38.5 Å². The first kappa shape index (κ1) is 14.5. The van der Waals surface area contributed by atoms with E-state index in [1.54, 1.807) is 0 Å². The van der Waals surface area contributed by atoms with Gasteiger partial charge >= 0.3 is 0 Å². The molecule has 2 fully saturated rings. The number of halogens is 2. The van der Waals surface area contributed by atoms with Crippen molar-refractivity contribution in [3.63, 3.8) is 0 Å². The summed E-state index contributed by atoms with van der Waals surface area (Å²) in [6, 6.07) is 6.09. The fourth-order valence-corrected chi connectivity index (χ4v) is 4.42. The summed E-state index contributed by atoms with van der Waals surface area (Å²) in [6.45, 7) is 0. The maximum atomic E-state index is 6.23. The summed E-state index contributed by atoms with van der Waals surface area (Å²) in [5.74, 6) is 0.653. The van der Waals surface area contributed by atoms with E-state index in [1.165, 1.54) is 32.1 Å². The zero-order valence-electron chi connectivity index (χ0n) is 11.8. The van der Waals surface area contributed by atoms with E-state index in [0.717, 1.165) is 6.42 Å². The first-order valence-electron chi connectivity index (χ1n) is 7.45. The Morgan fingerprint density at radius 2 is 1.80 bits per heavy atom. The average molecular weight is 314 g/mol. The van der Waals surface area contributed by atoms with E-state index in [0.29, 0.717) is 21.8 Å². The van der Waals surface area contributed by atoms with Gasteiger partial charge in [0.2, 0.25) is 0 Å². The van der Waals surface area contributed by atoms with Crippen LogP contribution in [0.5, 0.6) is 5.75 Å². The molecule has 110 valence electrons. The Bertz CT molecular complexity index is 465. The van der Waals surface area contributed by atoms with Gasteiger partial charge in [-0.1, -0.05) is 48.5 Å². The summed E-state index contributed by atoms with van der Waals surface area (Å²) in [6.07, 6.45) is 7.70. The molecule has 1 N–H and O–H groups in total. The van der Waals surface area contributed by atoms with Crippen LogP contribution in [0.15, 0.2) is 18.2 Å². The Morgan fingerprint density at radius 3 is 2.40 bits per heavy atom. The molecule has 4 heteroatoms. The Labute approximate surface area is 130 Å². The van der Waals surface area contributed by atoms with Gasteiger partial charge in [0.1, 0.15) is 6.10 Å². The molecule has 2 aliphatic rings. The summed E-state index contributed by atoms with van der Waals surface area (Å²) in [4.78, 5) is 0. The summed E-state index contributed by atoms with van der Waals surface area (Å²) in [7, 11) is 2.06. The van der Waals surface area contributed by atoms with Crippen LogP contribution >= 0.6 is 23.2 Å². The molecule has 0 aliphatic heterocycles. The molecular weight excluding hydrogens is 293 g/mol. The molecule has 1 aromatic rings. The van der Waals surface area contributed by atoms with E-state index in [9.17, 15) is 0 Å². The van der Waals surface area contributed by atoms with E-state index in [4.69, 9.17) is 27.9 Å². The first-order chi connectivity index (χ1) is 9.67. The van der Waals surface area contributed by atoms with Crippen molar-refractivity contribution in [3.8, 4) is 5.75 Å². The standard InChI is InChI=1S/C16H21Cl2NO/c1-19-13-10-14(16(13)8-3-2-4-9-16)20-15-11(17)6-5-7-12(15)18/h5-7,13-14,19H,2-4,8-10H2,1H3. The Balaban J connectivity index is 1.80. The minimum Gasteiger partial charge on any atom is -0.487 e. The SMILES string of the molecule is CNC1CC(Oc2c(Cl)cccc2Cl)C12CCCCC2. The van der Waals surface area contributed by atoms with Crippen LogP contribution in [-0.4, -0.2) is 19.2 Å². The monoisotopic (exact) mass is 313 g/mol. The third-order valence-corrected chi connectivity index (χ3v) is 5.69. The summed E-state index contributed by atoms with van der Waals surface area (Å²) in [5.41, 5.74) is 0.273. The molecule has 0 saturated heterocycles. The Kier molecular flexibility index (Phi) is 4.16. The zero-order valence-corrected chi connectivity index (χ0v) is 13.3. The third-order valence-electron chi connectivity index (χ3n) is 5.10. The van der Waals surface area contributed by atoms with Crippen molar-refractivity contribution >= 4 is 23.2 Å². The van der Waals surface area contributed by atoms with Crippen molar-refractivity contribution in [2.75, 3.05) is 7.05 Å². The van der Waals surface area contributed by atoms with Crippen molar-refractivity contribution in [2.45, 2.75) is 50.7 Å². The Hall–Kier alpha value is -0.440. The van der Waals surface area contributed by atoms with E-state index in [2.05, 4.69) is 12.4 Å². The molecule has 0 radical (unpaired) electrons. The zero-order chi connectivity index (χ0) is 14.2. The lowest BCUT2D eigenvalue weighted by molar-refractivity contribution is -0.100. The topological polar surface area (TPSA) is 21.3 Å². The van der Waals surface area contributed by atoms with Gasteiger partial charge in [0.25, 0.3) is 0 Å². The minimum absolute atomic E-state index is 0.234. The highest BCUT2D eigenvalue weighted by Gasteiger charge is 2.56. The predicted octanol–water partition coefficient (Wildman–Crippen LogP) is 4.68. The molecule has 0 aromatic heterocycles. The van der Waals surface area contributed by atoms with Crippen molar-refractivity contribution in [1.29, 1.82) is 0 Å². The summed E-state index contributed by atoms with van der Waals surface area (Å²) in [5, 5.41) is 4.68. The highest BCUT2D eigenvalue weighted by Crippen LogP contribution is 2.54. The van der Waals surface area contributed by atoms with Crippen LogP contribution in [-0.2, 0) is 0 Å². The molecule has 2 atom stereocenters. The fraction of sp³-hybridized carbons (Fsp3) is 0.625. The van der Waals surface area contributed by atoms with Crippen molar-refractivity contribution < 1.29 is 4.74 Å². The summed E-state index contributed by atoms with van der Waals surface area (Å²) >= 11 is 12.5. The van der Waals surface area contributed by atoms with Crippen LogP contribution < -0.4 is 10.1 Å². The molecular formula is C16H21Cl2NO. The lowest BCUT2D eigenvalue weighted by atomic mass is 9.55. The quantitative estimate of drug-likeness (QED) is 0.874. The molecule has 3 rings (SSSR count). The molecule has 0 bridgehead atoms. The van der Waals surface area contributed by atoms with E-state index < -0.39 is 0 Å². The van der Waals surface area contributed by atoms with E-state index in [-0.39, 0.29) is 11.5 Å². The van der Waals surface area contributed by atoms with Crippen LogP contribution in [0, 0.1) is 5.41 Å². The number of benzene rings is 1. The predicted molar refractivity (Wildman–Crippen MR) is 83.9 cm³/mol.